The third-order valence-electron chi connectivity index (χ3n) is 4.23. The molecule has 0 bridgehead atoms. The maximum absolute atomic E-state index is 12.2. The van der Waals surface area contributed by atoms with Crippen molar-refractivity contribution in [3.05, 3.63) is 64.7 Å². The van der Waals surface area contributed by atoms with Crippen molar-refractivity contribution in [2.75, 3.05) is 0 Å². The van der Waals surface area contributed by atoms with Crippen LogP contribution < -0.4 is 10.6 Å². The topological polar surface area (TPSA) is 74.2 Å². The van der Waals surface area contributed by atoms with Gasteiger partial charge in [0.1, 0.15) is 5.01 Å². The summed E-state index contributed by atoms with van der Waals surface area (Å²) in [4.78, 5) is 16.7. The van der Waals surface area contributed by atoms with Crippen LogP contribution in [0.25, 0.3) is 10.2 Å². The zero-order valence-electron chi connectivity index (χ0n) is 12.9. The van der Waals surface area contributed by atoms with Gasteiger partial charge in [-0.15, -0.1) is 11.3 Å². The molecule has 2 atom stereocenters. The minimum Gasteiger partial charge on any atom is -0.390 e. The van der Waals surface area contributed by atoms with Crippen LogP contribution in [0, 0.1) is 0 Å². The second-order valence-electron chi connectivity index (χ2n) is 5.85. The number of thiazole rings is 1. The molecule has 0 radical (unpaired) electrons. The largest absolute Gasteiger partial charge is 0.390 e. The average molecular weight is 339 g/mol. The molecule has 0 saturated heterocycles. The fourth-order valence-corrected chi connectivity index (χ4v) is 4.00. The van der Waals surface area contributed by atoms with E-state index >= 15 is 0 Å². The molecule has 24 heavy (non-hydrogen) atoms. The normalized spacial score (nSPS) is 19.2. The summed E-state index contributed by atoms with van der Waals surface area (Å²) in [5.74, 6) is 0. The Bertz CT molecular complexity index is 860. The van der Waals surface area contributed by atoms with Crippen molar-refractivity contribution in [1.29, 1.82) is 0 Å². The van der Waals surface area contributed by atoms with E-state index in [1.807, 2.05) is 48.5 Å². The SMILES string of the molecule is O=C(NCc1nc2ccccc2s1)N[C@H]1c2ccccc2C[C@H]1O. The summed E-state index contributed by atoms with van der Waals surface area (Å²) in [5, 5.41) is 16.7. The number of rotatable bonds is 3. The van der Waals surface area contributed by atoms with Gasteiger partial charge in [-0.1, -0.05) is 36.4 Å². The molecule has 0 unspecified atom stereocenters. The number of hydrogen-bond donors (Lipinski definition) is 3. The minimum absolute atomic E-state index is 0.296. The van der Waals surface area contributed by atoms with Crippen LogP contribution in [-0.4, -0.2) is 22.2 Å². The van der Waals surface area contributed by atoms with Crippen LogP contribution in [0.1, 0.15) is 22.2 Å². The Labute approximate surface area is 143 Å². The lowest BCUT2D eigenvalue weighted by atomic mass is 10.1. The number of carbonyl (C=O) groups excluding carboxylic acids is 1. The Morgan fingerprint density at radius 3 is 2.88 bits per heavy atom. The van der Waals surface area contributed by atoms with E-state index in [0.717, 1.165) is 26.4 Å². The molecule has 3 N–H and O–H groups in total. The quantitative estimate of drug-likeness (QED) is 0.687. The monoisotopic (exact) mass is 339 g/mol. The Morgan fingerprint density at radius 1 is 1.21 bits per heavy atom. The summed E-state index contributed by atoms with van der Waals surface area (Å²) in [6, 6.07) is 15.0. The lowest BCUT2D eigenvalue weighted by Gasteiger charge is -2.18. The number of nitrogens with zero attached hydrogens (tertiary/aromatic N) is 1. The molecule has 4 rings (SSSR count). The fraction of sp³-hybridized carbons (Fsp3) is 0.222. The summed E-state index contributed by atoms with van der Waals surface area (Å²) in [7, 11) is 0. The first-order valence-corrected chi connectivity index (χ1v) is 8.67. The Balaban J connectivity index is 1.40. The van der Waals surface area contributed by atoms with Crippen molar-refractivity contribution < 1.29 is 9.90 Å². The highest BCUT2D eigenvalue weighted by molar-refractivity contribution is 7.18. The van der Waals surface area contributed by atoms with Crippen LogP contribution in [-0.2, 0) is 13.0 Å². The summed E-state index contributed by atoms with van der Waals surface area (Å²) >= 11 is 1.57. The molecule has 6 heteroatoms. The first-order chi connectivity index (χ1) is 11.7. The van der Waals surface area contributed by atoms with Crippen molar-refractivity contribution in [2.24, 2.45) is 0 Å². The summed E-state index contributed by atoms with van der Waals surface area (Å²) in [6.07, 6.45) is -0.0190. The molecule has 2 aromatic carbocycles. The van der Waals surface area contributed by atoms with Crippen molar-refractivity contribution in [2.45, 2.75) is 25.1 Å². The van der Waals surface area contributed by atoms with Gasteiger partial charge in [0.15, 0.2) is 0 Å². The van der Waals surface area contributed by atoms with E-state index in [0.29, 0.717) is 13.0 Å². The molecule has 0 fully saturated rings. The average Bonchev–Trinajstić information content (AvgIpc) is 3.14. The smallest absolute Gasteiger partial charge is 0.315 e. The Kier molecular flexibility index (Phi) is 3.92. The maximum Gasteiger partial charge on any atom is 0.315 e. The first-order valence-electron chi connectivity index (χ1n) is 7.85. The zero-order valence-corrected chi connectivity index (χ0v) is 13.7. The number of nitrogens with one attached hydrogen (secondary N) is 2. The van der Waals surface area contributed by atoms with Crippen molar-refractivity contribution in [3.8, 4) is 0 Å². The predicted molar refractivity (Wildman–Crippen MR) is 93.9 cm³/mol. The summed E-state index contributed by atoms with van der Waals surface area (Å²) < 4.78 is 1.11. The second kappa shape index (κ2) is 6.22. The summed E-state index contributed by atoms with van der Waals surface area (Å²) in [6.45, 7) is 0.371. The molecule has 0 spiro atoms. The zero-order chi connectivity index (χ0) is 16.5. The molecule has 3 aromatic rings. The van der Waals surface area contributed by atoms with Gasteiger partial charge in [0.25, 0.3) is 0 Å². The van der Waals surface area contributed by atoms with Gasteiger partial charge in [-0.2, -0.15) is 0 Å². The number of amides is 2. The number of aromatic nitrogens is 1. The molecule has 1 heterocycles. The van der Waals surface area contributed by atoms with Gasteiger partial charge in [-0.05, 0) is 23.3 Å². The number of urea groups is 1. The molecule has 5 nitrogen and oxygen atoms in total. The highest BCUT2D eigenvalue weighted by Crippen LogP contribution is 2.31. The first kappa shape index (κ1) is 15.1. The number of hydrogen-bond acceptors (Lipinski definition) is 4. The number of carbonyl (C=O) groups is 1. The minimum atomic E-state index is -0.587. The van der Waals surface area contributed by atoms with E-state index < -0.39 is 6.10 Å². The standard InChI is InChI=1S/C18H17N3O2S/c22-14-9-11-5-1-2-6-12(11)17(14)21-18(23)19-10-16-20-13-7-3-4-8-15(13)24-16/h1-8,14,17,22H,9-10H2,(H2,19,21,23)/t14-,17+/m1/s1. The number of aliphatic hydroxyl groups is 1. The highest BCUT2D eigenvalue weighted by atomic mass is 32.1. The van der Waals surface area contributed by atoms with Gasteiger partial charge in [-0.3, -0.25) is 0 Å². The van der Waals surface area contributed by atoms with Gasteiger partial charge in [0.05, 0.1) is 28.9 Å². The molecule has 1 aromatic heterocycles. The second-order valence-corrected chi connectivity index (χ2v) is 6.97. The molecule has 2 amide bonds. The van der Waals surface area contributed by atoms with E-state index in [-0.39, 0.29) is 12.1 Å². The van der Waals surface area contributed by atoms with Crippen LogP contribution in [0.5, 0.6) is 0 Å². The van der Waals surface area contributed by atoms with Crippen LogP contribution >= 0.6 is 11.3 Å². The van der Waals surface area contributed by atoms with Gasteiger partial charge >= 0.3 is 6.03 Å². The molecular weight excluding hydrogens is 322 g/mol. The lowest BCUT2D eigenvalue weighted by Crippen LogP contribution is -2.40. The maximum atomic E-state index is 12.2. The van der Waals surface area contributed by atoms with E-state index in [2.05, 4.69) is 15.6 Å². The number of benzene rings is 2. The Hall–Kier alpha value is -2.44. The van der Waals surface area contributed by atoms with E-state index in [4.69, 9.17) is 0 Å². The summed E-state index contributed by atoms with van der Waals surface area (Å²) in [5.41, 5.74) is 3.02. The van der Waals surface area contributed by atoms with Gasteiger partial charge < -0.3 is 15.7 Å². The van der Waals surface area contributed by atoms with Crippen LogP contribution in [0.4, 0.5) is 4.79 Å². The number of aliphatic hydroxyl groups excluding tert-OH is 1. The lowest BCUT2D eigenvalue weighted by molar-refractivity contribution is 0.142. The molecule has 0 saturated carbocycles. The third kappa shape index (κ3) is 2.86. The van der Waals surface area contributed by atoms with E-state index in [1.165, 1.54) is 0 Å². The van der Waals surface area contributed by atoms with E-state index in [9.17, 15) is 9.90 Å². The van der Waals surface area contributed by atoms with Gasteiger partial charge in [-0.25, -0.2) is 9.78 Å². The van der Waals surface area contributed by atoms with Crippen molar-refractivity contribution >= 4 is 27.6 Å². The van der Waals surface area contributed by atoms with E-state index in [1.54, 1.807) is 11.3 Å². The molecule has 0 aliphatic heterocycles. The van der Waals surface area contributed by atoms with Gasteiger partial charge in [0, 0.05) is 6.42 Å². The molecular formula is C18H17N3O2S. The number of para-hydroxylation sites is 1. The highest BCUT2D eigenvalue weighted by Gasteiger charge is 2.31. The Morgan fingerprint density at radius 2 is 2.00 bits per heavy atom. The van der Waals surface area contributed by atoms with Crippen LogP contribution in [0.2, 0.25) is 0 Å². The van der Waals surface area contributed by atoms with Crippen LogP contribution in [0.3, 0.4) is 0 Å². The molecule has 1 aliphatic carbocycles. The van der Waals surface area contributed by atoms with Gasteiger partial charge in [0.2, 0.25) is 0 Å². The van der Waals surface area contributed by atoms with Crippen LogP contribution in [0.15, 0.2) is 48.5 Å². The fourth-order valence-electron chi connectivity index (χ4n) is 3.09. The third-order valence-corrected chi connectivity index (χ3v) is 5.27. The molecule has 1 aliphatic rings. The van der Waals surface area contributed by atoms with Crippen molar-refractivity contribution in [3.63, 3.8) is 0 Å². The number of fused-ring (bicyclic) bond motifs is 2. The van der Waals surface area contributed by atoms with Crippen molar-refractivity contribution in [1.82, 2.24) is 15.6 Å². The molecule has 122 valence electrons. The predicted octanol–water partition coefficient (Wildman–Crippen LogP) is 2.75.